The van der Waals surface area contributed by atoms with Gasteiger partial charge in [0.2, 0.25) is 5.91 Å². The normalized spacial score (nSPS) is 27.0. The van der Waals surface area contributed by atoms with Crippen molar-refractivity contribution in [3.8, 4) is 0 Å². The predicted molar refractivity (Wildman–Crippen MR) is 73.2 cm³/mol. The summed E-state index contributed by atoms with van der Waals surface area (Å²) in [6, 6.07) is 1.82. The molecule has 3 N–H and O–H groups in total. The number of nitrogens with two attached hydrogens (primary N) is 1. The summed E-state index contributed by atoms with van der Waals surface area (Å²) in [7, 11) is 0. The first-order chi connectivity index (χ1) is 8.99. The van der Waals surface area contributed by atoms with Gasteiger partial charge in [0, 0.05) is 11.7 Å². The Hall–Kier alpha value is -1.49. The molecule has 0 bridgehead atoms. The minimum absolute atomic E-state index is 0.0426. The number of nitrogens with one attached hydrogen (secondary N) is 1. The van der Waals surface area contributed by atoms with E-state index >= 15 is 0 Å². The van der Waals surface area contributed by atoms with Gasteiger partial charge in [-0.3, -0.25) is 4.79 Å². The fourth-order valence-electron chi connectivity index (χ4n) is 2.69. The van der Waals surface area contributed by atoms with Crippen LogP contribution in [0.2, 0.25) is 0 Å². The first-order valence-corrected chi connectivity index (χ1v) is 6.84. The van der Waals surface area contributed by atoms with Crippen molar-refractivity contribution in [2.24, 2.45) is 11.7 Å². The van der Waals surface area contributed by atoms with Crippen LogP contribution in [0, 0.1) is 12.8 Å². The highest BCUT2D eigenvalue weighted by Gasteiger charge is 2.37. The van der Waals surface area contributed by atoms with Crippen LogP contribution in [0.5, 0.6) is 0 Å². The van der Waals surface area contributed by atoms with Crippen LogP contribution in [0.15, 0.2) is 12.3 Å². The van der Waals surface area contributed by atoms with E-state index in [4.69, 9.17) is 5.73 Å². The fraction of sp³-hybridized carbons (Fsp3) is 0.643. The van der Waals surface area contributed by atoms with Gasteiger partial charge in [0.05, 0.1) is 18.2 Å². The second kappa shape index (κ2) is 5.65. The third kappa shape index (κ3) is 3.50. The molecule has 1 aliphatic rings. The maximum Gasteiger partial charge on any atom is 0.225 e. The van der Waals surface area contributed by atoms with Crippen LogP contribution in [-0.2, 0) is 11.3 Å². The topological polar surface area (TPSA) is 80.9 Å². The van der Waals surface area contributed by atoms with E-state index in [0.717, 1.165) is 31.4 Å². The predicted octanol–water partition coefficient (Wildman–Crippen LogP) is 1.31. The number of aryl methyl sites for hydroxylation is 1. The van der Waals surface area contributed by atoms with Crippen LogP contribution in [-0.4, -0.2) is 21.4 Å². The molecular formula is C14H22N4O. The van der Waals surface area contributed by atoms with Crippen molar-refractivity contribution in [2.75, 3.05) is 0 Å². The zero-order chi connectivity index (χ0) is 13.9. The van der Waals surface area contributed by atoms with Gasteiger partial charge in [0.25, 0.3) is 0 Å². The SMILES string of the molecule is Cc1nccc(CNC(=O)C2CCCCC2(C)N)n1. The third-order valence-corrected chi connectivity index (χ3v) is 3.85. The highest BCUT2D eigenvalue weighted by molar-refractivity contribution is 5.80. The van der Waals surface area contributed by atoms with Gasteiger partial charge in [-0.25, -0.2) is 9.97 Å². The van der Waals surface area contributed by atoms with E-state index < -0.39 is 0 Å². The van der Waals surface area contributed by atoms with Crippen molar-refractivity contribution in [3.05, 3.63) is 23.8 Å². The second-order valence-electron chi connectivity index (χ2n) is 5.62. The monoisotopic (exact) mass is 262 g/mol. The summed E-state index contributed by atoms with van der Waals surface area (Å²) in [5, 5.41) is 2.94. The van der Waals surface area contributed by atoms with Crippen molar-refractivity contribution < 1.29 is 4.79 Å². The van der Waals surface area contributed by atoms with Gasteiger partial charge in [-0.15, -0.1) is 0 Å². The van der Waals surface area contributed by atoms with E-state index in [1.165, 1.54) is 0 Å². The molecule has 1 fully saturated rings. The van der Waals surface area contributed by atoms with E-state index in [0.29, 0.717) is 12.4 Å². The molecule has 2 rings (SSSR count). The molecule has 1 heterocycles. The van der Waals surface area contributed by atoms with E-state index in [-0.39, 0.29) is 17.4 Å². The number of rotatable bonds is 3. The van der Waals surface area contributed by atoms with Crippen molar-refractivity contribution in [1.82, 2.24) is 15.3 Å². The Morgan fingerprint density at radius 2 is 2.37 bits per heavy atom. The van der Waals surface area contributed by atoms with Gasteiger partial charge < -0.3 is 11.1 Å². The zero-order valence-electron chi connectivity index (χ0n) is 11.6. The van der Waals surface area contributed by atoms with Crippen molar-refractivity contribution in [2.45, 2.75) is 51.6 Å². The Morgan fingerprint density at radius 3 is 3.05 bits per heavy atom. The van der Waals surface area contributed by atoms with Gasteiger partial charge in [-0.1, -0.05) is 12.8 Å². The average Bonchev–Trinajstić information content (AvgIpc) is 2.35. The minimum Gasteiger partial charge on any atom is -0.350 e. The number of carbonyl (C=O) groups is 1. The molecular weight excluding hydrogens is 240 g/mol. The zero-order valence-corrected chi connectivity index (χ0v) is 11.6. The smallest absolute Gasteiger partial charge is 0.225 e. The summed E-state index contributed by atoms with van der Waals surface area (Å²) < 4.78 is 0. The summed E-state index contributed by atoms with van der Waals surface area (Å²) in [6.07, 6.45) is 5.69. The number of amides is 1. The van der Waals surface area contributed by atoms with Crippen LogP contribution >= 0.6 is 0 Å². The molecule has 19 heavy (non-hydrogen) atoms. The molecule has 1 aromatic rings. The first-order valence-electron chi connectivity index (χ1n) is 6.84. The van der Waals surface area contributed by atoms with Crippen LogP contribution in [0.3, 0.4) is 0 Å². The molecule has 2 unspecified atom stereocenters. The van der Waals surface area contributed by atoms with Crippen LogP contribution in [0.4, 0.5) is 0 Å². The van der Waals surface area contributed by atoms with E-state index in [1.807, 2.05) is 19.9 Å². The lowest BCUT2D eigenvalue weighted by Gasteiger charge is -2.37. The fourth-order valence-corrected chi connectivity index (χ4v) is 2.69. The summed E-state index contributed by atoms with van der Waals surface area (Å²) in [5.74, 6) is 0.665. The van der Waals surface area contributed by atoms with E-state index in [9.17, 15) is 4.79 Å². The lowest BCUT2D eigenvalue weighted by Crippen LogP contribution is -2.52. The maximum absolute atomic E-state index is 12.2. The van der Waals surface area contributed by atoms with Gasteiger partial charge >= 0.3 is 0 Å². The number of hydrogen-bond donors (Lipinski definition) is 2. The largest absolute Gasteiger partial charge is 0.350 e. The molecule has 0 aromatic carbocycles. The molecule has 1 aliphatic carbocycles. The minimum atomic E-state index is -0.385. The Bertz CT molecular complexity index is 459. The number of aromatic nitrogens is 2. The molecule has 0 saturated heterocycles. The van der Waals surface area contributed by atoms with Gasteiger partial charge in [-0.2, -0.15) is 0 Å². The van der Waals surface area contributed by atoms with Gasteiger partial charge in [0.15, 0.2) is 0 Å². The lowest BCUT2D eigenvalue weighted by molar-refractivity contribution is -0.128. The molecule has 0 radical (unpaired) electrons. The summed E-state index contributed by atoms with van der Waals surface area (Å²) in [5.41, 5.74) is 6.67. The average molecular weight is 262 g/mol. The highest BCUT2D eigenvalue weighted by Crippen LogP contribution is 2.31. The Kier molecular flexibility index (Phi) is 4.14. The third-order valence-electron chi connectivity index (χ3n) is 3.85. The highest BCUT2D eigenvalue weighted by atomic mass is 16.1. The summed E-state index contributed by atoms with van der Waals surface area (Å²) >= 11 is 0. The van der Waals surface area contributed by atoms with Gasteiger partial charge in [0.1, 0.15) is 5.82 Å². The van der Waals surface area contributed by atoms with E-state index in [2.05, 4.69) is 15.3 Å². The van der Waals surface area contributed by atoms with Crippen molar-refractivity contribution in [3.63, 3.8) is 0 Å². The Labute approximate surface area is 114 Å². The van der Waals surface area contributed by atoms with Crippen LogP contribution in [0.1, 0.15) is 44.1 Å². The molecule has 0 spiro atoms. The van der Waals surface area contributed by atoms with Crippen LogP contribution in [0.25, 0.3) is 0 Å². The Balaban J connectivity index is 1.94. The van der Waals surface area contributed by atoms with Crippen molar-refractivity contribution in [1.29, 1.82) is 0 Å². The standard InChI is InChI=1S/C14H22N4O/c1-10-16-8-6-11(18-10)9-17-13(19)12-5-3-4-7-14(12,2)15/h6,8,12H,3-5,7,9,15H2,1-2H3,(H,17,19). The summed E-state index contributed by atoms with van der Waals surface area (Å²) in [4.78, 5) is 20.5. The number of carbonyl (C=O) groups excluding carboxylic acids is 1. The molecule has 0 aliphatic heterocycles. The molecule has 1 saturated carbocycles. The summed E-state index contributed by atoms with van der Waals surface area (Å²) in [6.45, 7) is 4.25. The quantitative estimate of drug-likeness (QED) is 0.860. The second-order valence-corrected chi connectivity index (χ2v) is 5.62. The maximum atomic E-state index is 12.2. The molecule has 5 nitrogen and oxygen atoms in total. The number of hydrogen-bond acceptors (Lipinski definition) is 4. The lowest BCUT2D eigenvalue weighted by atomic mass is 9.74. The molecule has 1 amide bonds. The molecule has 5 heteroatoms. The first kappa shape index (κ1) is 13.9. The van der Waals surface area contributed by atoms with Crippen LogP contribution < -0.4 is 11.1 Å². The van der Waals surface area contributed by atoms with E-state index in [1.54, 1.807) is 6.20 Å². The molecule has 1 aromatic heterocycles. The molecule has 104 valence electrons. The van der Waals surface area contributed by atoms with Gasteiger partial charge in [-0.05, 0) is 32.8 Å². The number of nitrogens with zero attached hydrogens (tertiary/aromatic N) is 2. The Morgan fingerprint density at radius 1 is 1.58 bits per heavy atom. The molecule has 2 atom stereocenters. The van der Waals surface area contributed by atoms with Crippen molar-refractivity contribution >= 4 is 5.91 Å².